The lowest BCUT2D eigenvalue weighted by Crippen LogP contribution is -2.56. The van der Waals surface area contributed by atoms with Crippen LogP contribution in [0.15, 0.2) is 18.2 Å². The molecular formula is C23H27N9O2. The molecule has 0 radical (unpaired) electrons. The number of aryl methyl sites for hydroxylation is 1. The monoisotopic (exact) mass is 461 g/mol. The topological polar surface area (TPSA) is 148 Å². The van der Waals surface area contributed by atoms with Gasteiger partial charge in [-0.25, -0.2) is 0 Å². The molecule has 11 heteroatoms. The zero-order valence-electron chi connectivity index (χ0n) is 18.8. The van der Waals surface area contributed by atoms with E-state index in [9.17, 15) is 14.9 Å². The highest BCUT2D eigenvalue weighted by Crippen LogP contribution is 2.44. The van der Waals surface area contributed by atoms with Crippen molar-refractivity contribution < 1.29 is 9.59 Å². The Hall–Kier alpha value is -3.36. The molecule has 176 valence electrons. The molecule has 0 saturated carbocycles. The molecule has 6 rings (SSSR count). The summed E-state index contributed by atoms with van der Waals surface area (Å²) in [5.41, 5.74) is 9.61. The number of nitriles is 1. The first-order valence-corrected chi connectivity index (χ1v) is 11.9. The molecule has 11 nitrogen and oxygen atoms in total. The average molecular weight is 462 g/mol. The molecule has 1 aromatic carbocycles. The van der Waals surface area contributed by atoms with Gasteiger partial charge in [0.15, 0.2) is 0 Å². The second kappa shape index (κ2) is 8.14. The van der Waals surface area contributed by atoms with Crippen LogP contribution in [0.3, 0.4) is 0 Å². The van der Waals surface area contributed by atoms with Crippen LogP contribution in [0.5, 0.6) is 0 Å². The number of amides is 2. The average Bonchev–Trinajstić information content (AvgIpc) is 3.66. The summed E-state index contributed by atoms with van der Waals surface area (Å²) in [5.74, 6) is 0.518. The molecule has 2 aromatic rings. The van der Waals surface area contributed by atoms with Crippen molar-refractivity contribution in [3.8, 4) is 17.5 Å². The van der Waals surface area contributed by atoms with E-state index < -0.39 is 6.04 Å². The van der Waals surface area contributed by atoms with Crippen LogP contribution in [-0.4, -0.2) is 90.9 Å². The lowest BCUT2D eigenvalue weighted by molar-refractivity contribution is -0.141. The van der Waals surface area contributed by atoms with Crippen LogP contribution in [0.1, 0.15) is 42.9 Å². The maximum absolute atomic E-state index is 13.4. The molecule has 1 aliphatic carbocycles. The minimum Gasteiger partial charge on any atom is -0.330 e. The lowest BCUT2D eigenvalue weighted by atomic mass is 10.0. The number of likely N-dealkylation sites (tertiary alicyclic amines) is 3. The summed E-state index contributed by atoms with van der Waals surface area (Å²) in [6, 6.07) is 7.26. The fourth-order valence-corrected chi connectivity index (χ4v) is 6.32. The van der Waals surface area contributed by atoms with Gasteiger partial charge >= 0.3 is 0 Å². The van der Waals surface area contributed by atoms with Crippen molar-refractivity contribution >= 4 is 11.8 Å². The Kier molecular flexibility index (Phi) is 5.08. The molecule has 0 spiro atoms. The first kappa shape index (κ1) is 21.2. The molecule has 4 heterocycles. The second-order valence-corrected chi connectivity index (χ2v) is 9.73. The van der Waals surface area contributed by atoms with Gasteiger partial charge in [0, 0.05) is 31.2 Å². The van der Waals surface area contributed by atoms with Crippen LogP contribution >= 0.6 is 0 Å². The SMILES string of the molecule is N#CC1CCCN1C(=O)C(N)CN1C[C@@H]2CC1C(=O)N2C1CCc2cc(-c3nn[nH]n3)ccc21. The van der Waals surface area contributed by atoms with Crippen molar-refractivity contribution in [3.63, 3.8) is 0 Å². The smallest absolute Gasteiger partial charge is 0.241 e. The third-order valence-electron chi connectivity index (χ3n) is 7.88. The van der Waals surface area contributed by atoms with Gasteiger partial charge in [-0.3, -0.25) is 14.5 Å². The van der Waals surface area contributed by atoms with Gasteiger partial charge in [-0.05, 0) is 54.5 Å². The van der Waals surface area contributed by atoms with E-state index in [0.29, 0.717) is 25.3 Å². The minimum atomic E-state index is -0.717. The highest BCUT2D eigenvalue weighted by Gasteiger charge is 2.53. The van der Waals surface area contributed by atoms with Crippen LogP contribution in [0.25, 0.3) is 11.4 Å². The quantitative estimate of drug-likeness (QED) is 0.631. The van der Waals surface area contributed by atoms with Crippen molar-refractivity contribution in [2.75, 3.05) is 19.6 Å². The number of nitrogens with two attached hydrogens (primary N) is 1. The number of rotatable bonds is 5. The van der Waals surface area contributed by atoms with Crippen molar-refractivity contribution in [1.29, 1.82) is 5.26 Å². The summed E-state index contributed by atoms with van der Waals surface area (Å²) < 4.78 is 0. The number of nitrogens with zero attached hydrogens (tertiary/aromatic N) is 7. The number of tetrazole rings is 1. The first-order chi connectivity index (χ1) is 16.5. The number of hydrogen-bond donors (Lipinski definition) is 2. The van der Waals surface area contributed by atoms with Crippen LogP contribution in [-0.2, 0) is 16.0 Å². The normalized spacial score (nSPS) is 29.0. The molecule has 4 aliphatic rings. The number of carbonyl (C=O) groups excluding carboxylic acids is 2. The first-order valence-electron chi connectivity index (χ1n) is 11.9. The molecule has 4 unspecified atom stereocenters. The second-order valence-electron chi connectivity index (χ2n) is 9.73. The molecule has 34 heavy (non-hydrogen) atoms. The van der Waals surface area contributed by atoms with E-state index in [1.165, 1.54) is 11.1 Å². The number of benzene rings is 1. The number of piperazine rings is 1. The molecule has 1 aromatic heterocycles. The molecule has 5 atom stereocenters. The van der Waals surface area contributed by atoms with Crippen molar-refractivity contribution in [1.82, 2.24) is 35.3 Å². The Bertz CT molecular complexity index is 1160. The lowest BCUT2D eigenvalue weighted by Gasteiger charge is -2.38. The molecule has 3 saturated heterocycles. The summed E-state index contributed by atoms with van der Waals surface area (Å²) in [4.78, 5) is 32.0. The van der Waals surface area contributed by atoms with Gasteiger partial charge in [-0.15, -0.1) is 10.2 Å². The van der Waals surface area contributed by atoms with Crippen molar-refractivity contribution in [3.05, 3.63) is 29.3 Å². The molecule has 3 fully saturated rings. The maximum atomic E-state index is 13.4. The van der Waals surface area contributed by atoms with Crippen LogP contribution in [0, 0.1) is 11.3 Å². The Morgan fingerprint density at radius 1 is 1.32 bits per heavy atom. The van der Waals surface area contributed by atoms with E-state index in [4.69, 9.17) is 5.73 Å². The number of hydrogen-bond acceptors (Lipinski definition) is 8. The van der Waals surface area contributed by atoms with E-state index in [0.717, 1.165) is 37.8 Å². The van der Waals surface area contributed by atoms with Crippen LogP contribution in [0.2, 0.25) is 0 Å². The van der Waals surface area contributed by atoms with Gasteiger partial charge < -0.3 is 15.5 Å². The highest BCUT2D eigenvalue weighted by molar-refractivity contribution is 5.87. The number of aromatic amines is 1. The third kappa shape index (κ3) is 3.28. The van der Waals surface area contributed by atoms with Gasteiger partial charge in [0.2, 0.25) is 17.6 Å². The molecular weight excluding hydrogens is 434 g/mol. The summed E-state index contributed by atoms with van der Waals surface area (Å²) in [6.45, 7) is 1.66. The number of carbonyl (C=O) groups is 2. The number of aromatic nitrogens is 4. The van der Waals surface area contributed by atoms with Gasteiger partial charge in [0.05, 0.1) is 24.2 Å². The fraction of sp³-hybridized carbons (Fsp3) is 0.565. The molecule has 3 N–H and O–H groups in total. The van der Waals surface area contributed by atoms with Gasteiger partial charge in [-0.2, -0.15) is 10.5 Å². The number of H-pyrrole nitrogens is 1. The molecule has 3 aliphatic heterocycles. The predicted octanol–water partition coefficient (Wildman–Crippen LogP) is -0.0190. The largest absolute Gasteiger partial charge is 0.330 e. The molecule has 2 amide bonds. The van der Waals surface area contributed by atoms with Gasteiger partial charge in [0.1, 0.15) is 6.04 Å². The molecule has 2 bridgehead atoms. The number of nitrogens with one attached hydrogen (secondary N) is 1. The van der Waals surface area contributed by atoms with E-state index >= 15 is 0 Å². The maximum Gasteiger partial charge on any atom is 0.241 e. The van der Waals surface area contributed by atoms with Crippen LogP contribution in [0.4, 0.5) is 0 Å². The zero-order valence-corrected chi connectivity index (χ0v) is 18.8. The summed E-state index contributed by atoms with van der Waals surface area (Å²) >= 11 is 0. The van der Waals surface area contributed by atoms with Crippen molar-refractivity contribution in [2.24, 2.45) is 5.73 Å². The van der Waals surface area contributed by atoms with Crippen LogP contribution < -0.4 is 5.73 Å². The zero-order chi connectivity index (χ0) is 23.4. The summed E-state index contributed by atoms with van der Waals surface area (Å²) in [5, 5.41) is 23.5. The van der Waals surface area contributed by atoms with E-state index in [2.05, 4.69) is 48.6 Å². The Morgan fingerprint density at radius 2 is 2.21 bits per heavy atom. The third-order valence-corrected chi connectivity index (χ3v) is 7.88. The Balaban J connectivity index is 1.13. The standard InChI is InChI=1S/C23H27N9O2/c24-10-15-2-1-7-31(15)22(33)18(25)12-30-11-16-9-20(30)23(34)32(16)19-6-4-13-8-14(3-5-17(13)19)21-26-28-29-27-21/h3,5,8,15-16,18-20H,1-2,4,6-7,9,11-12,25H2,(H,26,27,28,29)/t15?,16-,18?,19?,20?/m0/s1. The highest BCUT2D eigenvalue weighted by atomic mass is 16.2. The minimum absolute atomic E-state index is 0.0789. The van der Waals surface area contributed by atoms with Gasteiger partial charge in [0.25, 0.3) is 0 Å². The van der Waals surface area contributed by atoms with E-state index in [1.807, 2.05) is 6.07 Å². The van der Waals surface area contributed by atoms with E-state index in [-0.39, 0.29) is 36.0 Å². The summed E-state index contributed by atoms with van der Waals surface area (Å²) in [7, 11) is 0. The Morgan fingerprint density at radius 3 is 2.97 bits per heavy atom. The van der Waals surface area contributed by atoms with Gasteiger partial charge in [-0.1, -0.05) is 12.1 Å². The Labute approximate surface area is 196 Å². The van der Waals surface area contributed by atoms with Crippen molar-refractivity contribution in [2.45, 2.75) is 62.3 Å². The fourth-order valence-electron chi connectivity index (χ4n) is 6.32. The summed E-state index contributed by atoms with van der Waals surface area (Å²) in [6.07, 6.45) is 4.12. The predicted molar refractivity (Wildman–Crippen MR) is 120 cm³/mol. The number of fused-ring (bicyclic) bond motifs is 3. The van der Waals surface area contributed by atoms with E-state index in [1.54, 1.807) is 4.90 Å².